The number of hydrogen-bond donors (Lipinski definition) is 0. The first-order chi connectivity index (χ1) is 12.3. The van der Waals surface area contributed by atoms with Crippen molar-refractivity contribution >= 4 is 11.6 Å². The smallest absolute Gasteiger partial charge is 0.218 e. The van der Waals surface area contributed by atoms with Gasteiger partial charge in [0.1, 0.15) is 18.5 Å². The molecule has 0 radical (unpaired) electrons. The van der Waals surface area contributed by atoms with Crippen LogP contribution >= 0.6 is 0 Å². The highest BCUT2D eigenvalue weighted by Gasteiger charge is 2.37. The molecule has 0 spiro atoms. The largest absolute Gasteiger partial charge is 0.481 e. The first-order valence-electron chi connectivity index (χ1n) is 8.61. The van der Waals surface area contributed by atoms with Crippen LogP contribution in [0.5, 0.6) is 5.88 Å². The minimum atomic E-state index is -0.361. The minimum Gasteiger partial charge on any atom is -0.481 e. The highest BCUT2D eigenvalue weighted by Crippen LogP contribution is 2.36. The Hall–Kier alpha value is -2.51. The summed E-state index contributed by atoms with van der Waals surface area (Å²) in [6.07, 6.45) is 8.42. The standard InChI is InChI=1S/C17H21FN6O/c1-25-16-8-15(20-11-21-16)24(12-2-3-12)13-4-6-23(7-5-13)17-14(18)9-19-10-22-17/h8-13H,2-7H2,1H3. The van der Waals surface area contributed by atoms with Gasteiger partial charge in [-0.05, 0) is 25.7 Å². The fourth-order valence-electron chi connectivity index (χ4n) is 3.50. The van der Waals surface area contributed by atoms with Gasteiger partial charge in [-0.15, -0.1) is 0 Å². The van der Waals surface area contributed by atoms with Crippen molar-refractivity contribution in [1.82, 2.24) is 19.9 Å². The van der Waals surface area contributed by atoms with Crippen LogP contribution in [0.25, 0.3) is 0 Å². The molecule has 2 fully saturated rings. The molecule has 1 aliphatic heterocycles. The van der Waals surface area contributed by atoms with Gasteiger partial charge in [0.2, 0.25) is 5.88 Å². The summed E-state index contributed by atoms with van der Waals surface area (Å²) in [5, 5.41) is 0. The topological polar surface area (TPSA) is 67.3 Å². The predicted octanol–water partition coefficient (Wildman–Crippen LogP) is 2.05. The maximum absolute atomic E-state index is 13.9. The number of anilines is 2. The zero-order chi connectivity index (χ0) is 17.2. The molecule has 3 heterocycles. The number of nitrogens with zero attached hydrogens (tertiary/aromatic N) is 6. The van der Waals surface area contributed by atoms with Crippen LogP contribution in [0.15, 0.2) is 24.9 Å². The van der Waals surface area contributed by atoms with Gasteiger partial charge in [-0.2, -0.15) is 0 Å². The Balaban J connectivity index is 1.49. The Morgan fingerprint density at radius 1 is 1.08 bits per heavy atom. The average molecular weight is 344 g/mol. The fourth-order valence-corrected chi connectivity index (χ4v) is 3.50. The van der Waals surface area contributed by atoms with Crippen LogP contribution in [-0.4, -0.2) is 52.2 Å². The molecule has 4 rings (SSSR count). The van der Waals surface area contributed by atoms with E-state index in [0.717, 1.165) is 31.7 Å². The van der Waals surface area contributed by atoms with Gasteiger partial charge in [0, 0.05) is 31.2 Å². The van der Waals surface area contributed by atoms with Gasteiger partial charge in [0.15, 0.2) is 11.6 Å². The van der Waals surface area contributed by atoms with Crippen molar-refractivity contribution in [3.05, 3.63) is 30.7 Å². The van der Waals surface area contributed by atoms with Crippen molar-refractivity contribution in [1.29, 1.82) is 0 Å². The molecule has 0 amide bonds. The summed E-state index contributed by atoms with van der Waals surface area (Å²) in [5.74, 6) is 1.54. The van der Waals surface area contributed by atoms with Gasteiger partial charge in [-0.25, -0.2) is 24.3 Å². The van der Waals surface area contributed by atoms with Crippen LogP contribution < -0.4 is 14.5 Å². The van der Waals surface area contributed by atoms with E-state index >= 15 is 0 Å². The van der Waals surface area contributed by atoms with E-state index in [2.05, 4.69) is 24.8 Å². The zero-order valence-electron chi connectivity index (χ0n) is 14.2. The molecule has 0 aromatic carbocycles. The summed E-state index contributed by atoms with van der Waals surface area (Å²) in [7, 11) is 1.61. The van der Waals surface area contributed by atoms with Crippen molar-refractivity contribution in [3.8, 4) is 5.88 Å². The molecular weight excluding hydrogens is 323 g/mol. The molecule has 2 aliphatic rings. The van der Waals surface area contributed by atoms with Crippen LogP contribution in [0.2, 0.25) is 0 Å². The highest BCUT2D eigenvalue weighted by atomic mass is 19.1. The van der Waals surface area contributed by atoms with Gasteiger partial charge in [-0.1, -0.05) is 0 Å². The molecule has 1 aliphatic carbocycles. The number of piperidine rings is 1. The molecule has 1 saturated heterocycles. The molecule has 0 bridgehead atoms. The van der Waals surface area contributed by atoms with Gasteiger partial charge in [-0.3, -0.25) is 0 Å². The quantitative estimate of drug-likeness (QED) is 0.822. The fraction of sp³-hybridized carbons (Fsp3) is 0.529. The van der Waals surface area contributed by atoms with Gasteiger partial charge < -0.3 is 14.5 Å². The third-order valence-corrected chi connectivity index (χ3v) is 4.85. The van der Waals surface area contributed by atoms with Crippen LogP contribution in [-0.2, 0) is 0 Å². The molecule has 0 N–H and O–H groups in total. The number of halogens is 1. The number of rotatable bonds is 5. The SMILES string of the molecule is COc1cc(N(C2CC2)C2CCN(c3ncncc3F)CC2)ncn1. The predicted molar refractivity (Wildman–Crippen MR) is 91.3 cm³/mol. The normalized spacial score (nSPS) is 18.2. The van der Waals surface area contributed by atoms with Crippen molar-refractivity contribution in [2.24, 2.45) is 0 Å². The lowest BCUT2D eigenvalue weighted by Gasteiger charge is -2.39. The van der Waals surface area contributed by atoms with Crippen LogP contribution in [0.1, 0.15) is 25.7 Å². The number of ether oxygens (including phenoxy) is 1. The second-order valence-corrected chi connectivity index (χ2v) is 6.47. The lowest BCUT2D eigenvalue weighted by molar-refractivity contribution is 0.395. The lowest BCUT2D eigenvalue weighted by atomic mass is 10.0. The summed E-state index contributed by atoms with van der Waals surface area (Å²) >= 11 is 0. The number of hydrogen-bond acceptors (Lipinski definition) is 7. The van der Waals surface area contributed by atoms with Crippen molar-refractivity contribution < 1.29 is 9.13 Å². The molecule has 0 unspecified atom stereocenters. The first kappa shape index (κ1) is 16.0. The van der Waals surface area contributed by atoms with Crippen molar-refractivity contribution in [2.45, 2.75) is 37.8 Å². The molecule has 8 heteroatoms. The lowest BCUT2D eigenvalue weighted by Crippen LogP contribution is -2.47. The summed E-state index contributed by atoms with van der Waals surface area (Å²) in [4.78, 5) is 20.8. The Kier molecular flexibility index (Phi) is 4.33. The van der Waals surface area contributed by atoms with E-state index in [1.54, 1.807) is 13.4 Å². The Labute approximate surface area is 145 Å². The molecule has 1 saturated carbocycles. The third-order valence-electron chi connectivity index (χ3n) is 4.85. The van der Waals surface area contributed by atoms with E-state index in [-0.39, 0.29) is 5.82 Å². The monoisotopic (exact) mass is 344 g/mol. The number of aromatic nitrogens is 4. The summed E-state index contributed by atoms with van der Waals surface area (Å²) < 4.78 is 19.1. The summed E-state index contributed by atoms with van der Waals surface area (Å²) in [6.45, 7) is 1.54. The van der Waals surface area contributed by atoms with E-state index in [1.165, 1.54) is 25.4 Å². The van der Waals surface area contributed by atoms with Crippen LogP contribution in [0.3, 0.4) is 0 Å². The van der Waals surface area contributed by atoms with E-state index in [0.29, 0.717) is 23.8 Å². The van der Waals surface area contributed by atoms with Gasteiger partial charge in [0.05, 0.1) is 13.3 Å². The molecule has 2 aromatic heterocycles. The second-order valence-electron chi connectivity index (χ2n) is 6.47. The van der Waals surface area contributed by atoms with Gasteiger partial charge >= 0.3 is 0 Å². The maximum atomic E-state index is 13.9. The molecule has 2 aromatic rings. The van der Waals surface area contributed by atoms with Crippen molar-refractivity contribution in [3.63, 3.8) is 0 Å². The summed E-state index contributed by atoms with van der Waals surface area (Å²) in [5.41, 5.74) is 0. The molecule has 132 valence electrons. The average Bonchev–Trinajstić information content (AvgIpc) is 3.48. The van der Waals surface area contributed by atoms with Crippen LogP contribution in [0.4, 0.5) is 16.0 Å². The Morgan fingerprint density at radius 3 is 2.52 bits per heavy atom. The Morgan fingerprint density at radius 2 is 1.84 bits per heavy atom. The maximum Gasteiger partial charge on any atom is 0.218 e. The van der Waals surface area contributed by atoms with Gasteiger partial charge in [0.25, 0.3) is 0 Å². The molecular formula is C17H21FN6O. The van der Waals surface area contributed by atoms with E-state index in [1.807, 2.05) is 11.0 Å². The highest BCUT2D eigenvalue weighted by molar-refractivity contribution is 5.46. The Bertz CT molecular complexity index is 733. The molecule has 7 nitrogen and oxygen atoms in total. The number of methoxy groups -OCH3 is 1. The minimum absolute atomic E-state index is 0.361. The van der Waals surface area contributed by atoms with E-state index in [9.17, 15) is 4.39 Å². The second kappa shape index (κ2) is 6.78. The van der Waals surface area contributed by atoms with Crippen LogP contribution in [0, 0.1) is 5.82 Å². The molecule has 25 heavy (non-hydrogen) atoms. The molecule has 0 atom stereocenters. The summed E-state index contributed by atoms with van der Waals surface area (Å²) in [6, 6.07) is 2.81. The third kappa shape index (κ3) is 3.33. The van der Waals surface area contributed by atoms with E-state index in [4.69, 9.17) is 4.74 Å². The first-order valence-corrected chi connectivity index (χ1v) is 8.61. The van der Waals surface area contributed by atoms with E-state index < -0.39 is 0 Å². The van der Waals surface area contributed by atoms with Crippen molar-refractivity contribution in [2.75, 3.05) is 30.0 Å². The zero-order valence-corrected chi connectivity index (χ0v) is 14.2.